The number of esters is 2. The van der Waals surface area contributed by atoms with Crippen LogP contribution < -0.4 is 0 Å². The Balaban J connectivity index is 2.04. The lowest BCUT2D eigenvalue weighted by Gasteiger charge is -2.26. The molecule has 1 aliphatic heterocycles. The summed E-state index contributed by atoms with van der Waals surface area (Å²) in [5.41, 5.74) is 2.93. The number of carbonyl (C=O) groups excluding carboxylic acids is 2. The van der Waals surface area contributed by atoms with Crippen LogP contribution in [0.4, 0.5) is 0 Å². The third-order valence-electron chi connectivity index (χ3n) is 4.85. The van der Waals surface area contributed by atoms with Crippen molar-refractivity contribution in [2.75, 3.05) is 13.2 Å². The first kappa shape index (κ1) is 19.8. The zero-order chi connectivity index (χ0) is 20.0. The molecule has 0 radical (unpaired) electrons. The van der Waals surface area contributed by atoms with Gasteiger partial charge >= 0.3 is 11.9 Å². The first-order valence-corrected chi connectivity index (χ1v) is 9.66. The maximum absolute atomic E-state index is 12.4. The van der Waals surface area contributed by atoms with Crippen LogP contribution in [0.2, 0.25) is 0 Å². The minimum atomic E-state index is -0.833. The second-order valence-corrected chi connectivity index (χ2v) is 6.69. The molecule has 0 N–H and O–H groups in total. The minimum Gasteiger partial charge on any atom is -0.466 e. The third-order valence-corrected chi connectivity index (χ3v) is 4.85. The molecule has 0 bridgehead atoms. The van der Waals surface area contributed by atoms with Crippen molar-refractivity contribution in [3.05, 3.63) is 71.3 Å². The van der Waals surface area contributed by atoms with Crippen LogP contribution in [0.5, 0.6) is 0 Å². The van der Waals surface area contributed by atoms with Crippen molar-refractivity contribution in [2.45, 2.75) is 38.6 Å². The van der Waals surface area contributed by atoms with E-state index in [1.165, 1.54) is 0 Å². The van der Waals surface area contributed by atoms with E-state index in [2.05, 4.69) is 0 Å². The molecule has 0 amide bonds. The number of hydrogen-bond acceptors (Lipinski definition) is 5. The summed E-state index contributed by atoms with van der Waals surface area (Å²) in [6.07, 6.45) is 0.665. The van der Waals surface area contributed by atoms with Crippen molar-refractivity contribution in [1.29, 1.82) is 0 Å². The van der Waals surface area contributed by atoms with Crippen LogP contribution >= 0.6 is 0 Å². The molecule has 5 heteroatoms. The van der Waals surface area contributed by atoms with Crippen molar-refractivity contribution in [3.8, 4) is 0 Å². The number of ether oxygens (including phenoxy) is 2. The SMILES string of the molecule is CCOC(=O)CCC1(CC(=O)OCC)N=C(c2ccccc2)c2ccccc21. The van der Waals surface area contributed by atoms with Crippen LogP contribution in [-0.2, 0) is 24.6 Å². The predicted octanol–water partition coefficient (Wildman–Crippen LogP) is 4.03. The molecule has 0 aliphatic carbocycles. The van der Waals surface area contributed by atoms with Crippen LogP contribution in [-0.4, -0.2) is 30.9 Å². The summed E-state index contributed by atoms with van der Waals surface area (Å²) in [5.74, 6) is -0.606. The fourth-order valence-corrected chi connectivity index (χ4v) is 3.65. The number of fused-ring (bicyclic) bond motifs is 1. The van der Waals surface area contributed by atoms with E-state index in [0.29, 0.717) is 19.6 Å². The Bertz CT molecular complexity index is 875. The lowest BCUT2D eigenvalue weighted by Crippen LogP contribution is -2.28. The highest BCUT2D eigenvalue weighted by atomic mass is 16.5. The van der Waals surface area contributed by atoms with Crippen LogP contribution in [0.15, 0.2) is 59.6 Å². The van der Waals surface area contributed by atoms with Crippen molar-refractivity contribution < 1.29 is 19.1 Å². The molecule has 0 spiro atoms. The zero-order valence-electron chi connectivity index (χ0n) is 16.3. The average Bonchev–Trinajstić information content (AvgIpc) is 3.02. The summed E-state index contributed by atoms with van der Waals surface area (Å²) >= 11 is 0. The molecule has 0 saturated carbocycles. The van der Waals surface area contributed by atoms with Gasteiger partial charge < -0.3 is 9.47 Å². The monoisotopic (exact) mass is 379 g/mol. The summed E-state index contributed by atoms with van der Waals surface area (Å²) in [7, 11) is 0. The van der Waals surface area contributed by atoms with Gasteiger partial charge in [-0.15, -0.1) is 0 Å². The van der Waals surface area contributed by atoms with E-state index < -0.39 is 5.54 Å². The number of aliphatic imine (C=N–C) groups is 1. The van der Waals surface area contributed by atoms with Gasteiger partial charge in [-0.25, -0.2) is 0 Å². The molecular weight excluding hydrogens is 354 g/mol. The molecule has 28 heavy (non-hydrogen) atoms. The molecule has 2 aromatic rings. The summed E-state index contributed by atoms with van der Waals surface area (Å²) in [6.45, 7) is 4.20. The molecule has 146 valence electrons. The van der Waals surface area contributed by atoms with Gasteiger partial charge in [-0.2, -0.15) is 0 Å². The fourth-order valence-electron chi connectivity index (χ4n) is 3.65. The van der Waals surface area contributed by atoms with Gasteiger partial charge in [0, 0.05) is 17.5 Å². The minimum absolute atomic E-state index is 0.0909. The number of rotatable bonds is 8. The highest BCUT2D eigenvalue weighted by Gasteiger charge is 2.42. The van der Waals surface area contributed by atoms with E-state index >= 15 is 0 Å². The standard InChI is InChI=1S/C23H25NO4/c1-3-27-20(25)14-15-23(16-21(26)28-4-2)19-13-9-8-12-18(19)22(24-23)17-10-6-5-7-11-17/h5-13H,3-4,14-16H2,1-2H3. The molecule has 0 fully saturated rings. The van der Waals surface area contributed by atoms with Crippen molar-refractivity contribution in [1.82, 2.24) is 0 Å². The second kappa shape index (κ2) is 8.83. The van der Waals surface area contributed by atoms with Gasteiger partial charge in [0.15, 0.2) is 0 Å². The first-order chi connectivity index (χ1) is 13.6. The molecule has 1 atom stereocenters. The Kier molecular flexibility index (Phi) is 6.24. The zero-order valence-corrected chi connectivity index (χ0v) is 16.3. The predicted molar refractivity (Wildman–Crippen MR) is 107 cm³/mol. The van der Waals surface area contributed by atoms with E-state index in [4.69, 9.17) is 14.5 Å². The maximum atomic E-state index is 12.4. The summed E-state index contributed by atoms with van der Waals surface area (Å²) in [6, 6.07) is 17.8. The van der Waals surface area contributed by atoms with E-state index in [9.17, 15) is 9.59 Å². The largest absolute Gasteiger partial charge is 0.466 e. The fraction of sp³-hybridized carbons (Fsp3) is 0.348. The molecule has 3 rings (SSSR count). The number of carbonyl (C=O) groups is 2. The van der Waals surface area contributed by atoms with Gasteiger partial charge in [-0.3, -0.25) is 14.6 Å². The van der Waals surface area contributed by atoms with Crippen molar-refractivity contribution in [2.24, 2.45) is 4.99 Å². The number of hydrogen-bond donors (Lipinski definition) is 0. The summed E-state index contributed by atoms with van der Waals surface area (Å²) < 4.78 is 10.3. The first-order valence-electron chi connectivity index (χ1n) is 9.66. The molecule has 0 aromatic heterocycles. The number of benzene rings is 2. The number of nitrogens with zero attached hydrogens (tertiary/aromatic N) is 1. The quantitative estimate of drug-likeness (QED) is 0.650. The second-order valence-electron chi connectivity index (χ2n) is 6.69. The lowest BCUT2D eigenvalue weighted by atomic mass is 9.82. The van der Waals surface area contributed by atoms with Gasteiger partial charge in [0.05, 0.1) is 30.9 Å². The van der Waals surface area contributed by atoms with Gasteiger partial charge in [0.25, 0.3) is 0 Å². The highest BCUT2D eigenvalue weighted by Crippen LogP contribution is 2.43. The average molecular weight is 379 g/mol. The van der Waals surface area contributed by atoms with E-state index in [1.54, 1.807) is 13.8 Å². The molecule has 1 aliphatic rings. The Hall–Kier alpha value is -2.95. The van der Waals surface area contributed by atoms with Crippen LogP contribution in [0, 0.1) is 0 Å². The molecule has 0 saturated heterocycles. The lowest BCUT2D eigenvalue weighted by molar-refractivity contribution is -0.147. The molecule has 1 unspecified atom stereocenters. The van der Waals surface area contributed by atoms with Gasteiger partial charge in [0.2, 0.25) is 0 Å². The van der Waals surface area contributed by atoms with Crippen molar-refractivity contribution in [3.63, 3.8) is 0 Å². The molecule has 1 heterocycles. The maximum Gasteiger partial charge on any atom is 0.308 e. The van der Waals surface area contributed by atoms with Gasteiger partial charge in [-0.05, 0) is 25.8 Å². The van der Waals surface area contributed by atoms with E-state index in [1.807, 2.05) is 54.6 Å². The Morgan fingerprint density at radius 3 is 2.25 bits per heavy atom. The Labute approximate surface area is 165 Å². The van der Waals surface area contributed by atoms with Crippen LogP contribution in [0.3, 0.4) is 0 Å². The molecule has 5 nitrogen and oxygen atoms in total. The van der Waals surface area contributed by atoms with E-state index in [0.717, 1.165) is 22.4 Å². The molecular formula is C23H25NO4. The summed E-state index contributed by atoms with van der Waals surface area (Å²) in [4.78, 5) is 29.5. The Morgan fingerprint density at radius 2 is 1.54 bits per heavy atom. The topological polar surface area (TPSA) is 65.0 Å². The van der Waals surface area contributed by atoms with Crippen LogP contribution in [0.1, 0.15) is 49.8 Å². The van der Waals surface area contributed by atoms with Crippen LogP contribution in [0.25, 0.3) is 0 Å². The third kappa shape index (κ3) is 4.14. The van der Waals surface area contributed by atoms with Crippen molar-refractivity contribution >= 4 is 17.7 Å². The van der Waals surface area contributed by atoms with Gasteiger partial charge in [0.1, 0.15) is 0 Å². The highest BCUT2D eigenvalue weighted by molar-refractivity contribution is 6.16. The summed E-state index contributed by atoms with van der Waals surface area (Å²) in [5, 5.41) is 0. The van der Waals surface area contributed by atoms with Gasteiger partial charge in [-0.1, -0.05) is 54.6 Å². The normalized spacial score (nSPS) is 17.6. The molecule has 2 aromatic carbocycles. The Morgan fingerprint density at radius 1 is 0.893 bits per heavy atom. The van der Waals surface area contributed by atoms with E-state index in [-0.39, 0.29) is 24.8 Å². The smallest absolute Gasteiger partial charge is 0.308 e.